The van der Waals surface area contributed by atoms with Crippen LogP contribution in [0.3, 0.4) is 0 Å². The number of carbonyl (C=O) groups is 1. The fourth-order valence-electron chi connectivity index (χ4n) is 1.03. The van der Waals surface area contributed by atoms with Crippen LogP contribution in [0.5, 0.6) is 5.75 Å². The van der Waals surface area contributed by atoms with Crippen molar-refractivity contribution in [1.29, 1.82) is 0 Å². The molecule has 0 aliphatic rings. The zero-order chi connectivity index (χ0) is 14.8. The highest BCUT2D eigenvalue weighted by molar-refractivity contribution is 5.85. The van der Waals surface area contributed by atoms with E-state index in [9.17, 15) is 31.1 Å². The van der Waals surface area contributed by atoms with Gasteiger partial charge in [0.15, 0.2) is 0 Å². The number of ether oxygens (including phenoxy) is 1. The summed E-state index contributed by atoms with van der Waals surface area (Å²) < 4.78 is 76.7. The number of pyridine rings is 1. The summed E-state index contributed by atoms with van der Waals surface area (Å²) in [6, 6.07) is 1.38. The Kier molecular flexibility index (Phi) is 3.91. The molecule has 1 aromatic rings. The molecule has 4 nitrogen and oxygen atoms in total. The Labute approximate surface area is 101 Å². The number of rotatable bonds is 3. The van der Waals surface area contributed by atoms with Crippen LogP contribution in [-0.4, -0.2) is 34.5 Å². The largest absolute Gasteiger partial charge is 0.477 e. The molecule has 0 atom stereocenters. The molecular weight excluding hydrogens is 284 g/mol. The van der Waals surface area contributed by atoms with E-state index in [0.717, 1.165) is 6.07 Å². The Morgan fingerprint density at radius 1 is 1.16 bits per heavy atom. The van der Waals surface area contributed by atoms with Gasteiger partial charge in [-0.3, -0.25) is 0 Å². The van der Waals surface area contributed by atoms with Crippen molar-refractivity contribution in [2.24, 2.45) is 0 Å². The van der Waals surface area contributed by atoms with E-state index in [1.165, 1.54) is 0 Å². The smallest absolute Gasteiger partial charge is 0.434 e. The van der Waals surface area contributed by atoms with Crippen LogP contribution < -0.4 is 4.74 Å². The van der Waals surface area contributed by atoms with Gasteiger partial charge in [0.25, 0.3) is 6.10 Å². The molecule has 0 saturated heterocycles. The second kappa shape index (κ2) is 4.94. The molecule has 1 heterocycles. The second-order valence-corrected chi connectivity index (χ2v) is 3.27. The summed E-state index contributed by atoms with van der Waals surface area (Å²) in [6.07, 6.45) is -14.8. The average Bonchev–Trinajstić information content (AvgIpc) is 2.23. The van der Waals surface area contributed by atoms with Crippen LogP contribution in [0.2, 0.25) is 0 Å². The van der Waals surface area contributed by atoms with Gasteiger partial charge in [-0.25, -0.2) is 9.78 Å². The molecule has 0 unspecified atom stereocenters. The molecule has 0 radical (unpaired) electrons. The van der Waals surface area contributed by atoms with Crippen molar-refractivity contribution in [2.75, 3.05) is 0 Å². The molecule has 19 heavy (non-hydrogen) atoms. The third-order valence-electron chi connectivity index (χ3n) is 1.80. The molecule has 0 aliphatic heterocycles. The zero-order valence-corrected chi connectivity index (χ0v) is 8.79. The first-order valence-corrected chi connectivity index (χ1v) is 4.51. The van der Waals surface area contributed by atoms with Gasteiger partial charge in [0.05, 0.1) is 6.20 Å². The van der Waals surface area contributed by atoms with Crippen LogP contribution in [-0.2, 0) is 0 Å². The highest BCUT2D eigenvalue weighted by Gasteiger charge is 2.59. The van der Waals surface area contributed by atoms with Crippen molar-refractivity contribution in [2.45, 2.75) is 18.5 Å². The summed E-state index contributed by atoms with van der Waals surface area (Å²) in [6.45, 7) is 0. The van der Waals surface area contributed by atoms with E-state index in [4.69, 9.17) is 5.11 Å². The van der Waals surface area contributed by atoms with E-state index >= 15 is 0 Å². The monoisotopic (exact) mass is 289 g/mol. The van der Waals surface area contributed by atoms with Crippen LogP contribution in [0.25, 0.3) is 0 Å². The van der Waals surface area contributed by atoms with Crippen molar-refractivity contribution in [1.82, 2.24) is 4.98 Å². The summed E-state index contributed by atoms with van der Waals surface area (Å²) >= 11 is 0. The lowest BCUT2D eigenvalue weighted by molar-refractivity contribution is -0.299. The normalized spacial score (nSPS) is 12.6. The number of nitrogens with zero attached hydrogens (tertiary/aromatic N) is 1. The Hall–Kier alpha value is -2.00. The van der Waals surface area contributed by atoms with Crippen molar-refractivity contribution in [3.8, 4) is 5.75 Å². The molecule has 106 valence electrons. The molecule has 0 aromatic carbocycles. The van der Waals surface area contributed by atoms with Crippen LogP contribution >= 0.6 is 0 Å². The molecule has 0 aliphatic carbocycles. The minimum atomic E-state index is -5.65. The number of alkyl halides is 6. The highest BCUT2D eigenvalue weighted by atomic mass is 19.4. The van der Waals surface area contributed by atoms with Crippen molar-refractivity contribution < 1.29 is 41.0 Å². The maximum absolute atomic E-state index is 12.1. The molecule has 1 aromatic heterocycles. The number of hydrogen-bond donors (Lipinski definition) is 1. The Morgan fingerprint density at radius 3 is 2.00 bits per heavy atom. The fourth-order valence-corrected chi connectivity index (χ4v) is 1.03. The first-order valence-electron chi connectivity index (χ1n) is 4.51. The van der Waals surface area contributed by atoms with Crippen LogP contribution in [0, 0.1) is 0 Å². The minimum absolute atomic E-state index is 0.466. The van der Waals surface area contributed by atoms with Crippen molar-refractivity contribution >= 4 is 5.97 Å². The SMILES string of the molecule is O=C(O)c1ccc(OC(C(F)(F)F)C(F)(F)F)cn1. The van der Waals surface area contributed by atoms with Crippen molar-refractivity contribution in [3.63, 3.8) is 0 Å². The topological polar surface area (TPSA) is 59.4 Å². The summed E-state index contributed by atoms with van der Waals surface area (Å²) in [5, 5.41) is 8.45. The van der Waals surface area contributed by atoms with E-state index in [2.05, 4.69) is 9.72 Å². The van der Waals surface area contributed by atoms with E-state index in [0.29, 0.717) is 12.3 Å². The summed E-state index contributed by atoms with van der Waals surface area (Å²) in [5.41, 5.74) is -0.539. The molecule has 0 fully saturated rings. The molecule has 0 spiro atoms. The first-order chi connectivity index (χ1) is 8.51. The molecule has 1 rings (SSSR count). The molecule has 0 bridgehead atoms. The van der Waals surface area contributed by atoms with Gasteiger partial charge in [-0.15, -0.1) is 0 Å². The summed E-state index contributed by atoms with van der Waals surface area (Å²) in [4.78, 5) is 13.5. The number of carboxylic acid groups (broad SMARTS) is 1. The summed E-state index contributed by atoms with van der Waals surface area (Å²) in [7, 11) is 0. The Balaban J connectivity index is 2.95. The molecule has 0 amide bonds. The third kappa shape index (κ3) is 4.00. The molecule has 10 heteroatoms. The van der Waals surface area contributed by atoms with Gasteiger partial charge in [-0.05, 0) is 12.1 Å². The van der Waals surface area contributed by atoms with Crippen LogP contribution in [0.1, 0.15) is 10.5 Å². The predicted octanol–water partition coefficient (Wildman–Crippen LogP) is 2.65. The number of aromatic nitrogens is 1. The lowest BCUT2D eigenvalue weighted by atomic mass is 10.3. The lowest BCUT2D eigenvalue weighted by Crippen LogP contribution is -2.46. The van der Waals surface area contributed by atoms with E-state index < -0.39 is 35.9 Å². The van der Waals surface area contributed by atoms with E-state index in [1.807, 2.05) is 0 Å². The van der Waals surface area contributed by atoms with Gasteiger partial charge in [0.1, 0.15) is 11.4 Å². The maximum atomic E-state index is 12.1. The van der Waals surface area contributed by atoms with E-state index in [-0.39, 0.29) is 0 Å². The van der Waals surface area contributed by atoms with Gasteiger partial charge in [-0.2, -0.15) is 26.3 Å². The Bertz CT molecular complexity index is 439. The number of hydrogen-bond acceptors (Lipinski definition) is 3. The average molecular weight is 289 g/mol. The minimum Gasteiger partial charge on any atom is -0.477 e. The zero-order valence-electron chi connectivity index (χ0n) is 8.79. The maximum Gasteiger partial charge on any atom is 0.434 e. The molecule has 0 saturated carbocycles. The van der Waals surface area contributed by atoms with Gasteiger partial charge in [0, 0.05) is 0 Å². The van der Waals surface area contributed by atoms with Gasteiger partial charge in [0.2, 0.25) is 0 Å². The number of halogens is 6. The predicted molar refractivity (Wildman–Crippen MR) is 47.7 cm³/mol. The standard InChI is InChI=1S/C9H5F6NO3/c10-8(11,12)7(9(13,14)15)19-4-1-2-5(6(17)18)16-3-4/h1-3,7H,(H,17,18). The van der Waals surface area contributed by atoms with Crippen LogP contribution in [0.4, 0.5) is 26.3 Å². The van der Waals surface area contributed by atoms with Crippen molar-refractivity contribution in [3.05, 3.63) is 24.0 Å². The Morgan fingerprint density at radius 2 is 1.68 bits per heavy atom. The van der Waals surface area contributed by atoms with Gasteiger partial charge >= 0.3 is 18.3 Å². The second-order valence-electron chi connectivity index (χ2n) is 3.27. The fraction of sp³-hybridized carbons (Fsp3) is 0.333. The highest BCUT2D eigenvalue weighted by Crippen LogP contribution is 2.36. The quantitative estimate of drug-likeness (QED) is 0.869. The van der Waals surface area contributed by atoms with E-state index in [1.54, 1.807) is 0 Å². The third-order valence-corrected chi connectivity index (χ3v) is 1.80. The van der Waals surface area contributed by atoms with Gasteiger partial charge < -0.3 is 9.84 Å². The molecular formula is C9H5F6NO3. The van der Waals surface area contributed by atoms with Gasteiger partial charge in [-0.1, -0.05) is 0 Å². The molecule has 1 N–H and O–H groups in total. The lowest BCUT2D eigenvalue weighted by Gasteiger charge is -2.23. The number of carboxylic acids is 1. The van der Waals surface area contributed by atoms with Crippen LogP contribution in [0.15, 0.2) is 18.3 Å². The number of aromatic carboxylic acids is 1. The summed E-state index contributed by atoms with van der Waals surface area (Å²) in [5.74, 6) is -2.32. The first kappa shape index (κ1) is 15.1.